The highest BCUT2D eigenvalue weighted by Crippen LogP contribution is 2.30. The lowest BCUT2D eigenvalue weighted by atomic mass is 10.1. The van der Waals surface area contributed by atoms with Crippen molar-refractivity contribution >= 4 is 10.0 Å². The van der Waals surface area contributed by atoms with E-state index in [0.29, 0.717) is 26.2 Å². The Morgan fingerprint density at radius 3 is 2.58 bits per heavy atom. The maximum Gasteiger partial charge on any atom is 0.215 e. The molecule has 0 spiro atoms. The molecule has 24 heavy (non-hydrogen) atoms. The summed E-state index contributed by atoms with van der Waals surface area (Å²) in [6.45, 7) is 3.41. The largest absolute Gasteiger partial charge is 0.486 e. The molecule has 0 saturated heterocycles. The maximum absolute atomic E-state index is 12.2. The monoisotopic (exact) mass is 347 g/mol. The molecule has 1 aliphatic heterocycles. The van der Waals surface area contributed by atoms with Crippen LogP contribution in [0.2, 0.25) is 0 Å². The van der Waals surface area contributed by atoms with Gasteiger partial charge in [0.05, 0.1) is 5.75 Å². The number of nitrogens with one attached hydrogen (secondary N) is 1. The average Bonchev–Trinajstić information content (AvgIpc) is 2.54. The zero-order valence-corrected chi connectivity index (χ0v) is 14.4. The topological polar surface area (TPSA) is 64.6 Å². The van der Waals surface area contributed by atoms with Crippen molar-refractivity contribution < 1.29 is 17.9 Å². The van der Waals surface area contributed by atoms with Gasteiger partial charge in [-0.05, 0) is 36.6 Å². The summed E-state index contributed by atoms with van der Waals surface area (Å²) in [4.78, 5) is 0. The number of fused-ring (bicyclic) bond motifs is 1. The molecule has 128 valence electrons. The second-order valence-corrected chi connectivity index (χ2v) is 7.68. The molecule has 0 radical (unpaired) electrons. The molecule has 0 amide bonds. The molecular weight excluding hydrogens is 326 g/mol. The molecule has 0 bridgehead atoms. The summed E-state index contributed by atoms with van der Waals surface area (Å²) in [6.07, 6.45) is 0.601. The Morgan fingerprint density at radius 1 is 1.00 bits per heavy atom. The molecule has 0 unspecified atom stereocenters. The number of benzene rings is 2. The van der Waals surface area contributed by atoms with E-state index in [0.717, 1.165) is 28.2 Å². The highest BCUT2D eigenvalue weighted by molar-refractivity contribution is 7.88. The van der Waals surface area contributed by atoms with Crippen LogP contribution in [0.4, 0.5) is 0 Å². The predicted molar refractivity (Wildman–Crippen MR) is 92.9 cm³/mol. The van der Waals surface area contributed by atoms with Crippen LogP contribution in [0.15, 0.2) is 42.5 Å². The lowest BCUT2D eigenvalue weighted by Crippen LogP contribution is -2.27. The van der Waals surface area contributed by atoms with Gasteiger partial charge in [0.1, 0.15) is 13.2 Å². The Labute approximate surface area is 142 Å². The number of hydrogen-bond acceptors (Lipinski definition) is 4. The third-order valence-electron chi connectivity index (χ3n) is 3.78. The Bertz CT molecular complexity index is 818. The molecule has 2 aromatic rings. The van der Waals surface area contributed by atoms with E-state index in [1.54, 1.807) is 0 Å². The van der Waals surface area contributed by atoms with Gasteiger partial charge in [-0.15, -0.1) is 0 Å². The Morgan fingerprint density at radius 2 is 1.79 bits per heavy atom. The zero-order valence-electron chi connectivity index (χ0n) is 13.6. The summed E-state index contributed by atoms with van der Waals surface area (Å²) in [5.41, 5.74) is 2.86. The smallest absolute Gasteiger partial charge is 0.215 e. The van der Waals surface area contributed by atoms with E-state index in [9.17, 15) is 8.42 Å². The highest BCUT2D eigenvalue weighted by Gasteiger charge is 2.13. The molecule has 2 aromatic carbocycles. The molecule has 6 heteroatoms. The van der Waals surface area contributed by atoms with E-state index in [1.807, 2.05) is 49.4 Å². The van der Waals surface area contributed by atoms with Crippen LogP contribution in [0.5, 0.6) is 11.5 Å². The van der Waals surface area contributed by atoms with E-state index in [-0.39, 0.29) is 5.75 Å². The van der Waals surface area contributed by atoms with Crippen LogP contribution in [-0.4, -0.2) is 28.2 Å². The van der Waals surface area contributed by atoms with Gasteiger partial charge in [0, 0.05) is 6.54 Å². The molecule has 1 N–H and O–H groups in total. The number of hydrogen-bond donors (Lipinski definition) is 1. The van der Waals surface area contributed by atoms with Gasteiger partial charge < -0.3 is 9.47 Å². The van der Waals surface area contributed by atoms with Gasteiger partial charge in [-0.1, -0.05) is 35.9 Å². The fourth-order valence-corrected chi connectivity index (χ4v) is 3.80. The van der Waals surface area contributed by atoms with Crippen molar-refractivity contribution in [3.63, 3.8) is 0 Å². The number of aryl methyl sites for hydroxylation is 1. The van der Waals surface area contributed by atoms with Crippen LogP contribution in [0.25, 0.3) is 0 Å². The number of rotatable bonds is 6. The van der Waals surface area contributed by atoms with E-state index in [1.165, 1.54) is 0 Å². The summed E-state index contributed by atoms with van der Waals surface area (Å²) in [7, 11) is -3.34. The third-order valence-corrected chi connectivity index (χ3v) is 5.14. The second-order valence-electron chi connectivity index (χ2n) is 5.87. The molecule has 3 rings (SSSR count). The van der Waals surface area contributed by atoms with Crippen LogP contribution >= 0.6 is 0 Å². The fraction of sp³-hybridized carbons (Fsp3) is 0.333. The average molecular weight is 347 g/mol. The maximum atomic E-state index is 12.2. The van der Waals surface area contributed by atoms with Gasteiger partial charge in [0.2, 0.25) is 10.0 Å². The second kappa shape index (κ2) is 7.23. The van der Waals surface area contributed by atoms with Gasteiger partial charge in [-0.2, -0.15) is 0 Å². The lowest BCUT2D eigenvalue weighted by Gasteiger charge is -2.18. The van der Waals surface area contributed by atoms with Gasteiger partial charge in [0.15, 0.2) is 11.5 Å². The zero-order chi connectivity index (χ0) is 17.0. The molecule has 0 saturated carbocycles. The highest BCUT2D eigenvalue weighted by atomic mass is 32.2. The Kier molecular flexibility index (Phi) is 5.06. The van der Waals surface area contributed by atoms with Crippen molar-refractivity contribution in [2.45, 2.75) is 19.1 Å². The van der Waals surface area contributed by atoms with Crippen molar-refractivity contribution in [1.82, 2.24) is 4.72 Å². The fourth-order valence-electron chi connectivity index (χ4n) is 2.67. The van der Waals surface area contributed by atoms with Gasteiger partial charge in [-0.3, -0.25) is 0 Å². The normalized spacial score (nSPS) is 13.7. The first kappa shape index (κ1) is 16.8. The summed E-state index contributed by atoms with van der Waals surface area (Å²) >= 11 is 0. The van der Waals surface area contributed by atoms with E-state index in [4.69, 9.17) is 9.47 Å². The standard InChI is InChI=1S/C18H21NO4S/c1-14-3-2-4-16(11-14)13-24(20,21)19-8-7-15-5-6-17-18(12-15)23-10-9-22-17/h2-6,11-12,19H,7-10,13H2,1H3. The van der Waals surface area contributed by atoms with E-state index < -0.39 is 10.0 Å². The first-order chi connectivity index (χ1) is 11.5. The summed E-state index contributed by atoms with van der Waals surface area (Å²) < 4.78 is 38.0. The minimum Gasteiger partial charge on any atom is -0.486 e. The van der Waals surface area contributed by atoms with E-state index in [2.05, 4.69) is 4.72 Å². The van der Waals surface area contributed by atoms with Gasteiger partial charge in [0.25, 0.3) is 0 Å². The van der Waals surface area contributed by atoms with Crippen molar-refractivity contribution in [1.29, 1.82) is 0 Å². The Balaban J connectivity index is 1.55. The first-order valence-corrected chi connectivity index (χ1v) is 9.58. The van der Waals surface area contributed by atoms with Crippen molar-refractivity contribution in [3.05, 3.63) is 59.2 Å². The molecule has 5 nitrogen and oxygen atoms in total. The summed E-state index contributed by atoms with van der Waals surface area (Å²) in [5, 5.41) is 0. The number of sulfonamides is 1. The van der Waals surface area contributed by atoms with Crippen molar-refractivity contribution in [2.75, 3.05) is 19.8 Å². The Hall–Kier alpha value is -2.05. The quantitative estimate of drug-likeness (QED) is 0.872. The minimum absolute atomic E-state index is 0.00415. The number of ether oxygens (including phenoxy) is 2. The molecule has 1 aliphatic rings. The van der Waals surface area contributed by atoms with Crippen LogP contribution in [0.3, 0.4) is 0 Å². The van der Waals surface area contributed by atoms with Crippen molar-refractivity contribution in [2.24, 2.45) is 0 Å². The summed E-state index contributed by atoms with van der Waals surface area (Å²) in [5.74, 6) is 1.46. The first-order valence-electron chi connectivity index (χ1n) is 7.93. The van der Waals surface area contributed by atoms with Crippen molar-refractivity contribution in [3.8, 4) is 11.5 Å². The van der Waals surface area contributed by atoms with Crippen LogP contribution in [0, 0.1) is 6.92 Å². The van der Waals surface area contributed by atoms with E-state index >= 15 is 0 Å². The molecule has 0 atom stereocenters. The molecule has 1 heterocycles. The third kappa shape index (κ3) is 4.49. The molecule has 0 aliphatic carbocycles. The molecular formula is C18H21NO4S. The van der Waals surface area contributed by atoms with Crippen LogP contribution in [-0.2, 0) is 22.2 Å². The van der Waals surface area contributed by atoms with Crippen LogP contribution < -0.4 is 14.2 Å². The van der Waals surface area contributed by atoms with Gasteiger partial charge in [-0.25, -0.2) is 13.1 Å². The van der Waals surface area contributed by atoms with Crippen LogP contribution in [0.1, 0.15) is 16.7 Å². The minimum atomic E-state index is -3.34. The predicted octanol–water partition coefficient (Wildman–Crippen LogP) is 2.43. The lowest BCUT2D eigenvalue weighted by molar-refractivity contribution is 0.171. The van der Waals surface area contributed by atoms with Gasteiger partial charge >= 0.3 is 0 Å². The SMILES string of the molecule is Cc1cccc(CS(=O)(=O)NCCc2ccc3c(c2)OCCO3)c1. The summed E-state index contributed by atoms with van der Waals surface area (Å²) in [6, 6.07) is 13.2. The molecule has 0 aromatic heterocycles. The molecule has 0 fully saturated rings.